The summed E-state index contributed by atoms with van der Waals surface area (Å²) in [5.74, 6) is 0.742. The number of rotatable bonds is 3. The second kappa shape index (κ2) is 6.18. The van der Waals surface area contributed by atoms with Crippen molar-refractivity contribution < 1.29 is 13.9 Å². The van der Waals surface area contributed by atoms with E-state index in [0.717, 1.165) is 16.9 Å². The average Bonchev–Trinajstić information content (AvgIpc) is 3.03. The molecule has 2 heterocycles. The van der Waals surface area contributed by atoms with Crippen LogP contribution in [0.4, 0.5) is 4.39 Å². The zero-order chi connectivity index (χ0) is 16.5. The summed E-state index contributed by atoms with van der Waals surface area (Å²) in [7, 11) is 0. The molecule has 0 saturated carbocycles. The van der Waals surface area contributed by atoms with Gasteiger partial charge in [0.1, 0.15) is 11.6 Å². The summed E-state index contributed by atoms with van der Waals surface area (Å²) in [5, 5.41) is 12.9. The van der Waals surface area contributed by atoms with Gasteiger partial charge in [0, 0.05) is 21.7 Å². The molecule has 0 N–H and O–H groups in total. The molecule has 0 amide bonds. The molecule has 24 heavy (non-hydrogen) atoms. The van der Waals surface area contributed by atoms with Gasteiger partial charge in [-0.2, -0.15) is 4.80 Å². The number of fused-ring (bicyclic) bond motifs is 1. The first-order valence-electron chi connectivity index (χ1n) is 7.24. The Morgan fingerprint density at radius 3 is 3.04 bits per heavy atom. The van der Waals surface area contributed by atoms with Crippen molar-refractivity contribution in [1.82, 2.24) is 20.2 Å². The minimum Gasteiger partial charge on any atom is -0.467 e. The number of halogens is 2. The maximum absolute atomic E-state index is 13.3. The predicted molar refractivity (Wildman–Crippen MR) is 84.0 cm³/mol. The van der Waals surface area contributed by atoms with Crippen LogP contribution >= 0.6 is 11.6 Å². The van der Waals surface area contributed by atoms with Gasteiger partial charge in [-0.15, -0.1) is 10.2 Å². The van der Waals surface area contributed by atoms with E-state index in [0.29, 0.717) is 29.6 Å². The zero-order valence-corrected chi connectivity index (χ0v) is 13.2. The summed E-state index contributed by atoms with van der Waals surface area (Å²) >= 11 is 6.15. The lowest BCUT2D eigenvalue weighted by atomic mass is 10.1. The highest BCUT2D eigenvalue weighted by Gasteiger charge is 2.18. The van der Waals surface area contributed by atoms with Gasteiger partial charge in [0.05, 0.1) is 13.2 Å². The number of hydrogen-bond donors (Lipinski definition) is 0. The Bertz CT molecular complexity index is 900. The van der Waals surface area contributed by atoms with Crippen LogP contribution in [0.1, 0.15) is 11.1 Å². The first-order valence-corrected chi connectivity index (χ1v) is 7.62. The number of aromatic nitrogens is 4. The van der Waals surface area contributed by atoms with Crippen LogP contribution in [0.2, 0.25) is 5.02 Å². The SMILES string of the molecule is Fc1cccc(-c2nnn(Cc3cc(Cl)cc4c3OCOC4)n2)c1. The summed E-state index contributed by atoms with van der Waals surface area (Å²) in [6.45, 7) is 0.981. The largest absolute Gasteiger partial charge is 0.467 e. The molecule has 122 valence electrons. The second-order valence-corrected chi connectivity index (χ2v) is 5.75. The lowest BCUT2D eigenvalue weighted by Gasteiger charge is -2.20. The summed E-state index contributed by atoms with van der Waals surface area (Å²) in [5.41, 5.74) is 2.29. The van der Waals surface area contributed by atoms with Crippen molar-refractivity contribution in [3.63, 3.8) is 0 Å². The van der Waals surface area contributed by atoms with Gasteiger partial charge in [-0.05, 0) is 29.5 Å². The maximum atomic E-state index is 13.3. The van der Waals surface area contributed by atoms with Crippen LogP contribution in [0.5, 0.6) is 5.75 Å². The minimum atomic E-state index is -0.346. The van der Waals surface area contributed by atoms with Gasteiger partial charge in [0.2, 0.25) is 5.82 Å². The molecule has 0 radical (unpaired) electrons. The van der Waals surface area contributed by atoms with Crippen molar-refractivity contribution >= 4 is 11.6 Å². The number of benzene rings is 2. The minimum absolute atomic E-state index is 0.195. The molecule has 4 rings (SSSR count). The van der Waals surface area contributed by atoms with Crippen LogP contribution in [-0.2, 0) is 17.9 Å². The lowest BCUT2D eigenvalue weighted by Crippen LogP contribution is -2.15. The van der Waals surface area contributed by atoms with Crippen LogP contribution < -0.4 is 4.74 Å². The van der Waals surface area contributed by atoms with Crippen molar-refractivity contribution in [2.24, 2.45) is 0 Å². The van der Waals surface area contributed by atoms with Gasteiger partial charge >= 0.3 is 0 Å². The van der Waals surface area contributed by atoms with E-state index in [2.05, 4.69) is 15.4 Å². The van der Waals surface area contributed by atoms with E-state index in [9.17, 15) is 4.39 Å². The van der Waals surface area contributed by atoms with Gasteiger partial charge in [0.25, 0.3) is 0 Å². The fourth-order valence-electron chi connectivity index (χ4n) is 2.58. The van der Waals surface area contributed by atoms with Crippen LogP contribution in [-0.4, -0.2) is 27.0 Å². The standard InChI is InChI=1S/C16H12ClFN4O2/c17-13-4-11(15-12(5-13)8-23-9-24-15)7-22-20-16(19-21-22)10-2-1-3-14(18)6-10/h1-6H,7-9H2. The van der Waals surface area contributed by atoms with Crippen molar-refractivity contribution in [2.75, 3.05) is 6.79 Å². The summed E-state index contributed by atoms with van der Waals surface area (Å²) < 4.78 is 24.1. The third-order valence-electron chi connectivity index (χ3n) is 3.60. The van der Waals surface area contributed by atoms with E-state index in [1.165, 1.54) is 16.9 Å². The smallest absolute Gasteiger partial charge is 0.205 e. The predicted octanol–water partition coefficient (Wildman–Crippen LogP) is 3.05. The second-order valence-electron chi connectivity index (χ2n) is 5.32. The molecule has 0 saturated heterocycles. The highest BCUT2D eigenvalue weighted by atomic mass is 35.5. The first kappa shape index (κ1) is 15.0. The Morgan fingerprint density at radius 2 is 2.17 bits per heavy atom. The molecule has 0 unspecified atom stereocenters. The normalized spacial score (nSPS) is 13.4. The molecule has 0 bridgehead atoms. The Morgan fingerprint density at radius 1 is 1.25 bits per heavy atom. The number of ether oxygens (including phenoxy) is 2. The van der Waals surface area contributed by atoms with E-state index in [1.54, 1.807) is 18.2 Å². The number of nitrogens with zero attached hydrogens (tertiary/aromatic N) is 4. The van der Waals surface area contributed by atoms with Crippen LogP contribution in [0.3, 0.4) is 0 Å². The van der Waals surface area contributed by atoms with Gasteiger partial charge in [-0.25, -0.2) is 4.39 Å². The van der Waals surface area contributed by atoms with Crippen molar-refractivity contribution in [3.05, 3.63) is 58.4 Å². The van der Waals surface area contributed by atoms with Gasteiger partial charge < -0.3 is 9.47 Å². The first-order chi connectivity index (χ1) is 11.7. The Labute approximate surface area is 141 Å². The lowest BCUT2D eigenvalue weighted by molar-refractivity contribution is -0.0171. The quantitative estimate of drug-likeness (QED) is 0.729. The molecule has 1 aromatic heterocycles. The Balaban J connectivity index is 1.64. The Hall–Kier alpha value is -2.51. The third-order valence-corrected chi connectivity index (χ3v) is 3.82. The van der Waals surface area contributed by atoms with E-state index in [1.807, 2.05) is 6.07 Å². The molecule has 3 aromatic rings. The van der Waals surface area contributed by atoms with E-state index < -0.39 is 0 Å². The number of tetrazole rings is 1. The molecule has 8 heteroatoms. The summed E-state index contributed by atoms with van der Waals surface area (Å²) in [6.07, 6.45) is 0. The van der Waals surface area contributed by atoms with Crippen LogP contribution in [0.25, 0.3) is 11.4 Å². The maximum Gasteiger partial charge on any atom is 0.205 e. The van der Waals surface area contributed by atoms with Crippen LogP contribution in [0.15, 0.2) is 36.4 Å². The molecule has 0 aliphatic carbocycles. The van der Waals surface area contributed by atoms with Crippen LogP contribution in [0, 0.1) is 5.82 Å². The number of hydrogen-bond acceptors (Lipinski definition) is 5. The molecule has 1 aliphatic heterocycles. The molecule has 6 nitrogen and oxygen atoms in total. The van der Waals surface area contributed by atoms with Crippen molar-refractivity contribution in [3.8, 4) is 17.1 Å². The summed E-state index contributed by atoms with van der Waals surface area (Å²) in [4.78, 5) is 1.42. The molecule has 0 atom stereocenters. The topological polar surface area (TPSA) is 62.1 Å². The fourth-order valence-corrected chi connectivity index (χ4v) is 2.84. The van der Waals surface area contributed by atoms with E-state index in [-0.39, 0.29) is 12.6 Å². The van der Waals surface area contributed by atoms with Crippen molar-refractivity contribution in [1.29, 1.82) is 0 Å². The van der Waals surface area contributed by atoms with Gasteiger partial charge in [-0.3, -0.25) is 0 Å². The Kier molecular flexibility index (Phi) is 3.87. The van der Waals surface area contributed by atoms with Gasteiger partial charge in [-0.1, -0.05) is 23.7 Å². The molecular formula is C16H12ClFN4O2. The van der Waals surface area contributed by atoms with E-state index >= 15 is 0 Å². The highest BCUT2D eigenvalue weighted by Crippen LogP contribution is 2.32. The molecule has 0 fully saturated rings. The monoisotopic (exact) mass is 346 g/mol. The third kappa shape index (κ3) is 2.95. The average molecular weight is 347 g/mol. The fraction of sp³-hybridized carbons (Fsp3) is 0.188. The molecule has 0 spiro atoms. The summed E-state index contributed by atoms with van der Waals surface area (Å²) in [6, 6.07) is 9.68. The van der Waals surface area contributed by atoms with Gasteiger partial charge in [0.15, 0.2) is 6.79 Å². The molecule has 1 aliphatic rings. The zero-order valence-electron chi connectivity index (χ0n) is 12.4. The molecule has 2 aromatic carbocycles. The van der Waals surface area contributed by atoms with Crippen molar-refractivity contribution in [2.45, 2.75) is 13.2 Å². The highest BCUT2D eigenvalue weighted by molar-refractivity contribution is 6.30. The molecular weight excluding hydrogens is 335 g/mol. The van der Waals surface area contributed by atoms with E-state index in [4.69, 9.17) is 21.1 Å².